The van der Waals surface area contributed by atoms with E-state index in [0.29, 0.717) is 13.0 Å². The van der Waals surface area contributed by atoms with Gasteiger partial charge in [0.25, 0.3) is 5.91 Å². The van der Waals surface area contributed by atoms with Gasteiger partial charge >= 0.3 is 6.09 Å². The predicted molar refractivity (Wildman–Crippen MR) is 139 cm³/mol. The number of amides is 3. The van der Waals surface area contributed by atoms with Crippen LogP contribution in [-0.2, 0) is 22.4 Å². The van der Waals surface area contributed by atoms with E-state index in [4.69, 9.17) is 0 Å². The van der Waals surface area contributed by atoms with Crippen molar-refractivity contribution in [2.24, 2.45) is 0 Å². The summed E-state index contributed by atoms with van der Waals surface area (Å²) in [6, 6.07) is 19.0. The third-order valence-electron chi connectivity index (χ3n) is 6.62. The van der Waals surface area contributed by atoms with Gasteiger partial charge in [-0.3, -0.25) is 9.59 Å². The lowest BCUT2D eigenvalue weighted by molar-refractivity contribution is -0.141. The van der Waals surface area contributed by atoms with Crippen LogP contribution in [0.3, 0.4) is 0 Å². The summed E-state index contributed by atoms with van der Waals surface area (Å²) in [7, 11) is 0. The molecule has 0 aliphatic carbocycles. The fraction of sp³-hybridized carbons (Fsp3) is 0.276. The quantitative estimate of drug-likeness (QED) is 0.477. The van der Waals surface area contributed by atoms with Gasteiger partial charge in [-0.25, -0.2) is 4.79 Å². The molecule has 7 nitrogen and oxygen atoms in total. The molecule has 2 atom stereocenters. The third-order valence-corrected chi connectivity index (χ3v) is 6.62. The van der Waals surface area contributed by atoms with Crippen molar-refractivity contribution in [3.63, 3.8) is 0 Å². The number of anilines is 1. The summed E-state index contributed by atoms with van der Waals surface area (Å²) in [5.74, 6) is -0.743. The number of carbonyl (C=O) groups is 3. The van der Waals surface area contributed by atoms with Crippen LogP contribution in [0, 0.1) is 20.8 Å². The zero-order valence-electron chi connectivity index (χ0n) is 20.7. The molecule has 186 valence electrons. The molecule has 0 radical (unpaired) electrons. The van der Waals surface area contributed by atoms with Gasteiger partial charge in [0.1, 0.15) is 12.1 Å². The summed E-state index contributed by atoms with van der Waals surface area (Å²) in [6.45, 7) is 6.21. The molecular weight excluding hydrogens is 454 g/mol. The van der Waals surface area contributed by atoms with Crippen molar-refractivity contribution in [3.05, 3.63) is 100 Å². The first-order valence-corrected chi connectivity index (χ1v) is 12.0. The number of benzene rings is 3. The summed E-state index contributed by atoms with van der Waals surface area (Å²) in [4.78, 5) is 40.7. The number of hydrogen-bond donors (Lipinski definition) is 3. The standard InChI is InChI=1S/C29H31N3O4/c1-18-15-19(2)25(20(3)16-18)31-27(33)26-23-12-8-7-11-22(23)13-14-32(26)28(34)24(30-29(35)36)17-21-9-5-4-6-10-21/h4-12,15-16,24,26,30H,13-14,17H2,1-3H3,(H,31,33)(H,35,36). The first-order chi connectivity index (χ1) is 17.2. The van der Waals surface area contributed by atoms with Crippen molar-refractivity contribution >= 4 is 23.6 Å². The highest BCUT2D eigenvalue weighted by Crippen LogP contribution is 2.33. The Kier molecular flexibility index (Phi) is 7.38. The molecule has 2 unspecified atom stereocenters. The zero-order valence-corrected chi connectivity index (χ0v) is 20.7. The van der Waals surface area contributed by atoms with Gasteiger partial charge in [0.15, 0.2) is 0 Å². The number of aryl methyl sites for hydroxylation is 3. The largest absolute Gasteiger partial charge is 0.465 e. The van der Waals surface area contributed by atoms with Crippen molar-refractivity contribution < 1.29 is 19.5 Å². The van der Waals surface area contributed by atoms with Crippen LogP contribution in [0.4, 0.5) is 10.5 Å². The molecule has 0 aromatic heterocycles. The highest BCUT2D eigenvalue weighted by atomic mass is 16.4. The molecular formula is C29H31N3O4. The molecule has 3 N–H and O–H groups in total. The topological polar surface area (TPSA) is 98.7 Å². The third kappa shape index (κ3) is 5.40. The minimum Gasteiger partial charge on any atom is -0.465 e. The first-order valence-electron chi connectivity index (χ1n) is 12.0. The van der Waals surface area contributed by atoms with Gasteiger partial charge < -0.3 is 20.6 Å². The van der Waals surface area contributed by atoms with Crippen molar-refractivity contribution in [2.45, 2.75) is 45.7 Å². The van der Waals surface area contributed by atoms with Crippen LogP contribution in [0.15, 0.2) is 66.7 Å². The molecule has 0 bridgehead atoms. The fourth-order valence-electron chi connectivity index (χ4n) is 5.05. The normalized spacial score (nSPS) is 15.5. The van der Waals surface area contributed by atoms with Crippen LogP contribution >= 0.6 is 0 Å². The Morgan fingerprint density at radius 1 is 0.972 bits per heavy atom. The minimum atomic E-state index is -1.28. The highest BCUT2D eigenvalue weighted by molar-refractivity contribution is 6.00. The summed E-state index contributed by atoms with van der Waals surface area (Å²) in [5.41, 5.74) is 6.30. The maximum Gasteiger partial charge on any atom is 0.405 e. The van der Waals surface area contributed by atoms with Crippen molar-refractivity contribution in [3.8, 4) is 0 Å². The number of hydrogen-bond acceptors (Lipinski definition) is 3. The van der Waals surface area contributed by atoms with Gasteiger partial charge in [-0.2, -0.15) is 0 Å². The summed E-state index contributed by atoms with van der Waals surface area (Å²) < 4.78 is 0. The van der Waals surface area contributed by atoms with Crippen LogP contribution in [0.1, 0.15) is 39.4 Å². The average molecular weight is 486 g/mol. The second-order valence-corrected chi connectivity index (χ2v) is 9.34. The van der Waals surface area contributed by atoms with E-state index in [1.807, 2.05) is 87.5 Å². The van der Waals surface area contributed by atoms with E-state index in [9.17, 15) is 19.5 Å². The summed E-state index contributed by atoms with van der Waals surface area (Å²) in [5, 5.41) is 14.9. The maximum absolute atomic E-state index is 13.8. The predicted octanol–water partition coefficient (Wildman–Crippen LogP) is 4.56. The summed E-state index contributed by atoms with van der Waals surface area (Å²) >= 11 is 0. The van der Waals surface area contributed by atoms with E-state index in [2.05, 4.69) is 10.6 Å². The number of fused-ring (bicyclic) bond motifs is 1. The molecule has 0 saturated carbocycles. The monoisotopic (exact) mass is 485 g/mol. The van der Waals surface area contributed by atoms with Gasteiger partial charge in [-0.15, -0.1) is 0 Å². The number of rotatable bonds is 6. The number of carboxylic acid groups (broad SMARTS) is 1. The molecule has 3 aromatic rings. The van der Waals surface area contributed by atoms with Gasteiger partial charge in [0.2, 0.25) is 5.91 Å². The highest BCUT2D eigenvalue weighted by Gasteiger charge is 2.39. The molecule has 3 amide bonds. The van der Waals surface area contributed by atoms with E-state index >= 15 is 0 Å². The van der Waals surface area contributed by atoms with Crippen LogP contribution in [0.5, 0.6) is 0 Å². The second kappa shape index (κ2) is 10.6. The molecule has 1 aliphatic heterocycles. The Balaban J connectivity index is 1.69. The second-order valence-electron chi connectivity index (χ2n) is 9.34. The molecule has 0 fully saturated rings. The summed E-state index contributed by atoms with van der Waals surface area (Å²) in [6.07, 6.45) is -0.512. The molecule has 1 heterocycles. The minimum absolute atomic E-state index is 0.189. The molecule has 7 heteroatoms. The van der Waals surface area contributed by atoms with E-state index < -0.39 is 24.1 Å². The molecule has 0 saturated heterocycles. The van der Waals surface area contributed by atoms with Crippen molar-refractivity contribution in [1.82, 2.24) is 10.2 Å². The van der Waals surface area contributed by atoms with E-state index in [-0.39, 0.29) is 12.3 Å². The van der Waals surface area contributed by atoms with Gasteiger partial charge in [-0.1, -0.05) is 72.3 Å². The van der Waals surface area contributed by atoms with E-state index in [0.717, 1.165) is 39.1 Å². The lowest BCUT2D eigenvalue weighted by Crippen LogP contribution is -2.54. The maximum atomic E-state index is 13.8. The Labute approximate surface area is 211 Å². The lowest BCUT2D eigenvalue weighted by atomic mass is 9.90. The Hall–Kier alpha value is -4.13. The number of carbonyl (C=O) groups excluding carboxylic acids is 2. The Bertz CT molecular complexity index is 1270. The smallest absolute Gasteiger partial charge is 0.405 e. The Morgan fingerprint density at radius 2 is 1.61 bits per heavy atom. The van der Waals surface area contributed by atoms with E-state index in [1.54, 1.807) is 0 Å². The van der Waals surface area contributed by atoms with Crippen LogP contribution in [-0.4, -0.2) is 40.5 Å². The first kappa shape index (κ1) is 25.0. The number of nitrogens with zero attached hydrogens (tertiary/aromatic N) is 1. The van der Waals surface area contributed by atoms with E-state index in [1.165, 1.54) is 4.90 Å². The average Bonchev–Trinajstić information content (AvgIpc) is 2.85. The van der Waals surface area contributed by atoms with Crippen molar-refractivity contribution in [1.29, 1.82) is 0 Å². The molecule has 3 aromatic carbocycles. The molecule has 36 heavy (non-hydrogen) atoms. The van der Waals surface area contributed by atoms with Gasteiger partial charge in [-0.05, 0) is 55.0 Å². The molecule has 0 spiro atoms. The number of nitrogens with one attached hydrogen (secondary N) is 2. The van der Waals surface area contributed by atoms with Gasteiger partial charge in [0.05, 0.1) is 0 Å². The fourth-order valence-corrected chi connectivity index (χ4v) is 5.05. The van der Waals surface area contributed by atoms with Crippen LogP contribution in [0.2, 0.25) is 0 Å². The zero-order chi connectivity index (χ0) is 25.8. The van der Waals surface area contributed by atoms with Crippen LogP contribution in [0.25, 0.3) is 0 Å². The van der Waals surface area contributed by atoms with Crippen LogP contribution < -0.4 is 10.6 Å². The molecule has 4 rings (SSSR count). The molecule has 1 aliphatic rings. The lowest BCUT2D eigenvalue weighted by Gasteiger charge is -2.38. The SMILES string of the molecule is Cc1cc(C)c(NC(=O)C2c3ccccc3CCN2C(=O)C(Cc2ccccc2)NC(=O)O)c(C)c1. The Morgan fingerprint density at radius 3 is 2.28 bits per heavy atom. The van der Waals surface area contributed by atoms with Gasteiger partial charge in [0, 0.05) is 18.7 Å². The van der Waals surface area contributed by atoms with Crippen molar-refractivity contribution in [2.75, 3.05) is 11.9 Å².